The van der Waals surface area contributed by atoms with Crippen molar-refractivity contribution in [2.75, 3.05) is 13.1 Å². The second kappa shape index (κ2) is 4.18. The second-order valence-corrected chi connectivity index (χ2v) is 4.45. The van der Waals surface area contributed by atoms with Crippen molar-refractivity contribution in [2.45, 2.75) is 32.1 Å². The third kappa shape index (κ3) is 3.06. The van der Waals surface area contributed by atoms with Crippen molar-refractivity contribution in [1.82, 2.24) is 4.31 Å². The molecule has 1 rings (SSSR count). The van der Waals surface area contributed by atoms with Crippen LogP contribution in [0.4, 0.5) is 3.89 Å². The summed E-state index contributed by atoms with van der Waals surface area (Å²) in [4.78, 5) is 0. The smallest absolute Gasteiger partial charge is 0.177 e. The van der Waals surface area contributed by atoms with Gasteiger partial charge in [-0.15, -0.1) is 0 Å². The Morgan fingerprint density at radius 1 is 0.917 bits per heavy atom. The van der Waals surface area contributed by atoms with E-state index in [-0.39, 0.29) is 0 Å². The van der Waals surface area contributed by atoms with Crippen molar-refractivity contribution in [1.29, 1.82) is 0 Å². The van der Waals surface area contributed by atoms with Gasteiger partial charge in [-0.1, -0.05) is 23.1 Å². The van der Waals surface area contributed by atoms with Gasteiger partial charge in [-0.3, -0.25) is 0 Å². The van der Waals surface area contributed by atoms with Crippen LogP contribution in [0.1, 0.15) is 32.1 Å². The van der Waals surface area contributed by atoms with Crippen molar-refractivity contribution < 1.29 is 12.3 Å². The summed E-state index contributed by atoms with van der Waals surface area (Å²) in [7, 11) is -4.43. The number of halogens is 1. The predicted molar refractivity (Wildman–Crippen MR) is 44.7 cm³/mol. The van der Waals surface area contributed by atoms with Crippen LogP contribution >= 0.6 is 0 Å². The topological polar surface area (TPSA) is 37.4 Å². The highest BCUT2D eigenvalue weighted by atomic mass is 32.3. The van der Waals surface area contributed by atoms with Crippen LogP contribution in [-0.4, -0.2) is 25.8 Å². The van der Waals surface area contributed by atoms with Gasteiger partial charge in [0, 0.05) is 13.1 Å². The maximum absolute atomic E-state index is 12.5. The molecule has 0 amide bonds. The van der Waals surface area contributed by atoms with Gasteiger partial charge in [0.2, 0.25) is 0 Å². The molecule has 72 valence electrons. The van der Waals surface area contributed by atoms with Gasteiger partial charge in [0.15, 0.2) is 0 Å². The molecule has 0 spiro atoms. The molecular formula is C7H14FNO2S. The van der Waals surface area contributed by atoms with Gasteiger partial charge < -0.3 is 0 Å². The van der Waals surface area contributed by atoms with Crippen LogP contribution in [0, 0.1) is 0 Å². The largest absolute Gasteiger partial charge is 0.374 e. The van der Waals surface area contributed by atoms with E-state index in [1.165, 1.54) is 0 Å². The van der Waals surface area contributed by atoms with Gasteiger partial charge in [-0.25, -0.2) is 0 Å². The zero-order valence-electron chi connectivity index (χ0n) is 7.00. The fraction of sp³-hybridized carbons (Fsp3) is 1.00. The van der Waals surface area contributed by atoms with E-state index in [9.17, 15) is 12.3 Å². The number of hydrogen-bond donors (Lipinski definition) is 0. The minimum atomic E-state index is -4.43. The van der Waals surface area contributed by atoms with Crippen molar-refractivity contribution in [3.63, 3.8) is 0 Å². The van der Waals surface area contributed by atoms with Crippen molar-refractivity contribution in [2.24, 2.45) is 0 Å². The Hall–Kier alpha value is -0.160. The molecule has 12 heavy (non-hydrogen) atoms. The first-order chi connectivity index (χ1) is 5.61. The minimum absolute atomic E-state index is 0.346. The van der Waals surface area contributed by atoms with Crippen LogP contribution in [0.2, 0.25) is 0 Å². The molecule has 1 aliphatic heterocycles. The molecule has 0 N–H and O–H groups in total. The molecular weight excluding hydrogens is 181 g/mol. The third-order valence-electron chi connectivity index (χ3n) is 2.12. The van der Waals surface area contributed by atoms with Crippen molar-refractivity contribution in [3.05, 3.63) is 0 Å². The van der Waals surface area contributed by atoms with Gasteiger partial charge in [-0.2, -0.15) is 12.7 Å². The molecule has 0 radical (unpaired) electrons. The average Bonchev–Trinajstić information content (AvgIpc) is 1.81. The summed E-state index contributed by atoms with van der Waals surface area (Å²) < 4.78 is 34.4. The summed E-state index contributed by atoms with van der Waals surface area (Å²) in [5.41, 5.74) is 0. The standard InChI is InChI=1S/C7H14FNO2S/c8-12(10,11)9-6-4-2-1-3-5-7-9/h1-7H2. The molecule has 0 atom stereocenters. The van der Waals surface area contributed by atoms with Crippen LogP contribution in [0.5, 0.6) is 0 Å². The Morgan fingerprint density at radius 3 is 1.75 bits per heavy atom. The normalized spacial score (nSPS) is 23.1. The van der Waals surface area contributed by atoms with Crippen LogP contribution < -0.4 is 0 Å². The van der Waals surface area contributed by atoms with E-state index in [0.29, 0.717) is 13.1 Å². The quantitative estimate of drug-likeness (QED) is 0.594. The van der Waals surface area contributed by atoms with Gasteiger partial charge in [0.25, 0.3) is 0 Å². The van der Waals surface area contributed by atoms with Crippen LogP contribution in [0.3, 0.4) is 0 Å². The monoisotopic (exact) mass is 195 g/mol. The van der Waals surface area contributed by atoms with E-state index in [0.717, 1.165) is 36.4 Å². The molecule has 0 aromatic rings. The summed E-state index contributed by atoms with van der Waals surface area (Å²) >= 11 is 0. The van der Waals surface area contributed by atoms with E-state index in [1.807, 2.05) is 0 Å². The minimum Gasteiger partial charge on any atom is -0.177 e. The Kier molecular flexibility index (Phi) is 3.46. The summed E-state index contributed by atoms with van der Waals surface area (Å²) in [6.45, 7) is 0.692. The van der Waals surface area contributed by atoms with Gasteiger partial charge in [0.1, 0.15) is 0 Å². The molecule has 0 unspecified atom stereocenters. The Bertz CT molecular complexity index is 220. The van der Waals surface area contributed by atoms with Gasteiger partial charge in [-0.05, 0) is 12.8 Å². The lowest BCUT2D eigenvalue weighted by Gasteiger charge is -2.19. The summed E-state index contributed by atoms with van der Waals surface area (Å²) in [6.07, 6.45) is 4.71. The highest BCUT2D eigenvalue weighted by molar-refractivity contribution is 7.83. The van der Waals surface area contributed by atoms with Gasteiger partial charge >= 0.3 is 10.4 Å². The molecule has 0 bridgehead atoms. The highest BCUT2D eigenvalue weighted by Crippen LogP contribution is 2.13. The van der Waals surface area contributed by atoms with Crippen LogP contribution in [0.25, 0.3) is 0 Å². The van der Waals surface area contributed by atoms with Crippen molar-refractivity contribution in [3.8, 4) is 0 Å². The summed E-state index contributed by atoms with van der Waals surface area (Å²) in [5.74, 6) is 0. The highest BCUT2D eigenvalue weighted by Gasteiger charge is 2.20. The van der Waals surface area contributed by atoms with E-state index in [1.54, 1.807) is 0 Å². The average molecular weight is 195 g/mol. The first kappa shape index (κ1) is 9.92. The van der Waals surface area contributed by atoms with E-state index in [2.05, 4.69) is 0 Å². The SMILES string of the molecule is O=S(=O)(F)N1CCCCCCC1. The zero-order chi connectivity index (χ0) is 9.03. The van der Waals surface area contributed by atoms with E-state index < -0.39 is 10.4 Å². The third-order valence-corrected chi connectivity index (χ3v) is 3.11. The maximum Gasteiger partial charge on any atom is 0.374 e. The molecule has 5 heteroatoms. The molecule has 0 saturated carbocycles. The number of nitrogens with zero attached hydrogens (tertiary/aromatic N) is 1. The zero-order valence-corrected chi connectivity index (χ0v) is 7.82. The van der Waals surface area contributed by atoms with E-state index >= 15 is 0 Å². The number of hydrogen-bond acceptors (Lipinski definition) is 2. The molecule has 3 nitrogen and oxygen atoms in total. The molecule has 1 heterocycles. The Labute approximate surface area is 72.9 Å². The Morgan fingerprint density at radius 2 is 1.33 bits per heavy atom. The van der Waals surface area contributed by atoms with Gasteiger partial charge in [0.05, 0.1) is 0 Å². The molecule has 1 fully saturated rings. The Balaban J connectivity index is 2.51. The fourth-order valence-electron chi connectivity index (χ4n) is 1.44. The first-order valence-electron chi connectivity index (χ1n) is 4.30. The lowest BCUT2D eigenvalue weighted by molar-refractivity contribution is 0.346. The molecule has 1 aliphatic rings. The first-order valence-corrected chi connectivity index (χ1v) is 5.64. The second-order valence-electron chi connectivity index (χ2n) is 3.11. The van der Waals surface area contributed by atoms with Crippen LogP contribution in [-0.2, 0) is 10.4 Å². The lowest BCUT2D eigenvalue weighted by Crippen LogP contribution is -2.30. The summed E-state index contributed by atoms with van der Waals surface area (Å²) in [6, 6.07) is 0. The molecule has 0 aliphatic carbocycles. The lowest BCUT2D eigenvalue weighted by atomic mass is 10.1. The predicted octanol–water partition coefficient (Wildman–Crippen LogP) is 1.47. The van der Waals surface area contributed by atoms with Crippen LogP contribution in [0.15, 0.2) is 0 Å². The fourth-order valence-corrected chi connectivity index (χ4v) is 2.13. The van der Waals surface area contributed by atoms with Crippen molar-refractivity contribution >= 4 is 10.4 Å². The van der Waals surface area contributed by atoms with E-state index in [4.69, 9.17) is 0 Å². The summed E-state index contributed by atoms with van der Waals surface area (Å²) in [5, 5.41) is 0. The molecule has 1 saturated heterocycles. The molecule has 0 aromatic heterocycles. The maximum atomic E-state index is 12.5. The number of rotatable bonds is 1. The molecule has 0 aromatic carbocycles.